The topological polar surface area (TPSA) is 54.8 Å². The van der Waals surface area contributed by atoms with E-state index in [1.807, 2.05) is 25.4 Å². The summed E-state index contributed by atoms with van der Waals surface area (Å²) in [6, 6.07) is 6.31. The van der Waals surface area contributed by atoms with E-state index in [-0.39, 0.29) is 0 Å². The van der Waals surface area contributed by atoms with Crippen LogP contribution in [0, 0.1) is 13.8 Å². The minimum atomic E-state index is 0.760. The lowest BCUT2D eigenvalue weighted by Crippen LogP contribution is -2.21. The third kappa shape index (κ3) is 3.92. The van der Waals surface area contributed by atoms with Crippen molar-refractivity contribution in [3.63, 3.8) is 0 Å². The molecule has 5 nitrogen and oxygen atoms in total. The molecule has 0 aromatic carbocycles. The summed E-state index contributed by atoms with van der Waals surface area (Å²) in [6.07, 6.45) is 15.3. The van der Waals surface area contributed by atoms with E-state index < -0.39 is 0 Å². The van der Waals surface area contributed by atoms with Gasteiger partial charge in [0.15, 0.2) is 0 Å². The van der Waals surface area contributed by atoms with Gasteiger partial charge in [0.2, 0.25) is 0 Å². The molecular weight excluding hydrogens is 334 g/mol. The van der Waals surface area contributed by atoms with E-state index in [1.54, 1.807) is 18.6 Å². The zero-order chi connectivity index (χ0) is 18.6. The molecule has 0 unspecified atom stereocenters. The molecule has 0 radical (unpaired) electrons. The van der Waals surface area contributed by atoms with E-state index in [9.17, 15) is 0 Å². The van der Waals surface area contributed by atoms with E-state index in [0.29, 0.717) is 0 Å². The number of nitrogens with zero attached hydrogens (tertiary/aromatic N) is 5. The van der Waals surface area contributed by atoms with Crippen LogP contribution in [0.1, 0.15) is 22.6 Å². The lowest BCUT2D eigenvalue weighted by Gasteiger charge is -2.23. The van der Waals surface area contributed by atoms with Gasteiger partial charge in [-0.25, -0.2) is 0 Å². The quantitative estimate of drug-likeness (QED) is 0.709. The Morgan fingerprint density at radius 3 is 2.67 bits per heavy atom. The molecule has 4 heterocycles. The molecule has 0 amide bonds. The Balaban J connectivity index is 1.54. The predicted octanol–water partition coefficient (Wildman–Crippen LogP) is 3.96. The maximum Gasteiger partial charge on any atom is 0.0899 e. The molecule has 0 fully saturated rings. The Labute approximate surface area is 159 Å². The number of aryl methyl sites for hydroxylation is 2. The Kier molecular flexibility index (Phi) is 4.75. The molecule has 0 aliphatic carbocycles. The number of rotatable bonds is 4. The van der Waals surface area contributed by atoms with Crippen molar-refractivity contribution in [3.8, 4) is 11.1 Å². The summed E-state index contributed by atoms with van der Waals surface area (Å²) >= 11 is 0. The van der Waals surface area contributed by atoms with Crippen molar-refractivity contribution in [1.82, 2.24) is 24.8 Å². The van der Waals surface area contributed by atoms with Gasteiger partial charge in [-0.3, -0.25) is 19.9 Å². The highest BCUT2D eigenvalue weighted by Crippen LogP contribution is 2.23. The molecule has 3 aromatic rings. The van der Waals surface area contributed by atoms with Crippen molar-refractivity contribution in [2.24, 2.45) is 0 Å². The lowest BCUT2D eigenvalue weighted by molar-refractivity contribution is 0.400. The summed E-state index contributed by atoms with van der Waals surface area (Å²) < 4.78 is 0. The fourth-order valence-electron chi connectivity index (χ4n) is 3.16. The first-order valence-electron chi connectivity index (χ1n) is 8.96. The van der Waals surface area contributed by atoms with Crippen molar-refractivity contribution in [2.75, 3.05) is 6.54 Å². The van der Waals surface area contributed by atoms with E-state index in [2.05, 4.69) is 57.3 Å². The van der Waals surface area contributed by atoms with Crippen LogP contribution >= 0.6 is 0 Å². The van der Waals surface area contributed by atoms with Crippen molar-refractivity contribution >= 4 is 5.57 Å². The standard InChI is InChI=1S/C22H21N5/c1-16-10-20(18-5-6-24-17(2)11-18)12-26-22(16)15-27-9-3-4-19(14-27)21-13-23-7-8-25-21/h3-8,10-14H,9,15H2,1-2H3. The Morgan fingerprint density at radius 2 is 1.89 bits per heavy atom. The van der Waals surface area contributed by atoms with Crippen molar-refractivity contribution in [1.29, 1.82) is 0 Å². The molecule has 0 spiro atoms. The van der Waals surface area contributed by atoms with Gasteiger partial charge in [-0.2, -0.15) is 0 Å². The van der Waals surface area contributed by atoms with Gasteiger partial charge in [0, 0.05) is 54.4 Å². The molecule has 4 rings (SSSR count). The summed E-state index contributed by atoms with van der Waals surface area (Å²) in [5.74, 6) is 0. The van der Waals surface area contributed by atoms with Crippen LogP contribution in [0.15, 0.2) is 67.5 Å². The number of allylic oxidation sites excluding steroid dienone is 2. The molecule has 27 heavy (non-hydrogen) atoms. The highest BCUT2D eigenvalue weighted by atomic mass is 15.1. The Hall–Kier alpha value is -3.34. The van der Waals surface area contributed by atoms with Crippen LogP contribution in [0.4, 0.5) is 0 Å². The summed E-state index contributed by atoms with van der Waals surface area (Å²) in [6.45, 7) is 5.74. The second-order valence-electron chi connectivity index (χ2n) is 6.68. The third-order valence-corrected chi connectivity index (χ3v) is 4.59. The Morgan fingerprint density at radius 1 is 0.963 bits per heavy atom. The van der Waals surface area contributed by atoms with Crippen LogP contribution in [0.25, 0.3) is 16.7 Å². The minimum Gasteiger partial charge on any atom is -0.367 e. The highest BCUT2D eigenvalue weighted by Gasteiger charge is 2.11. The average molecular weight is 355 g/mol. The maximum atomic E-state index is 4.73. The SMILES string of the molecule is Cc1cc(-c2cnc(CN3C=C(c4cnccn4)C=CC3)c(C)c2)ccn1. The van der Waals surface area contributed by atoms with Gasteiger partial charge in [0.1, 0.15) is 0 Å². The zero-order valence-electron chi connectivity index (χ0n) is 15.5. The Bertz CT molecular complexity index is 1010. The fraction of sp³-hybridized carbons (Fsp3) is 0.182. The predicted molar refractivity (Wildman–Crippen MR) is 107 cm³/mol. The molecule has 0 bridgehead atoms. The van der Waals surface area contributed by atoms with Crippen LogP contribution < -0.4 is 0 Å². The molecule has 0 saturated heterocycles. The van der Waals surface area contributed by atoms with Crippen LogP contribution in [0.5, 0.6) is 0 Å². The van der Waals surface area contributed by atoms with Gasteiger partial charge in [-0.05, 0) is 43.2 Å². The van der Waals surface area contributed by atoms with Gasteiger partial charge in [0.05, 0.1) is 24.1 Å². The molecule has 0 saturated carbocycles. The van der Waals surface area contributed by atoms with Crippen LogP contribution in [-0.4, -0.2) is 31.4 Å². The van der Waals surface area contributed by atoms with Gasteiger partial charge in [-0.15, -0.1) is 0 Å². The monoisotopic (exact) mass is 355 g/mol. The molecular formula is C22H21N5. The molecule has 3 aromatic heterocycles. The molecule has 0 atom stereocenters. The van der Waals surface area contributed by atoms with Gasteiger partial charge < -0.3 is 4.90 Å². The lowest BCUT2D eigenvalue weighted by atomic mass is 10.0. The average Bonchev–Trinajstić information content (AvgIpc) is 2.70. The van der Waals surface area contributed by atoms with Crippen LogP contribution in [0.3, 0.4) is 0 Å². The van der Waals surface area contributed by atoms with Gasteiger partial charge in [0.25, 0.3) is 0 Å². The molecule has 1 aliphatic rings. The van der Waals surface area contributed by atoms with Crippen molar-refractivity contribution in [2.45, 2.75) is 20.4 Å². The zero-order valence-corrected chi connectivity index (χ0v) is 15.5. The normalized spacial score (nSPS) is 13.6. The first-order chi connectivity index (χ1) is 13.2. The number of pyridine rings is 2. The van der Waals surface area contributed by atoms with Crippen LogP contribution in [-0.2, 0) is 6.54 Å². The second-order valence-corrected chi connectivity index (χ2v) is 6.68. The van der Waals surface area contributed by atoms with E-state index in [1.165, 1.54) is 5.56 Å². The molecule has 5 heteroatoms. The first-order valence-corrected chi connectivity index (χ1v) is 8.96. The van der Waals surface area contributed by atoms with Crippen molar-refractivity contribution < 1.29 is 0 Å². The fourth-order valence-corrected chi connectivity index (χ4v) is 3.16. The summed E-state index contributed by atoms with van der Waals surface area (Å²) in [7, 11) is 0. The summed E-state index contributed by atoms with van der Waals surface area (Å²) in [4.78, 5) is 19.8. The molecule has 0 N–H and O–H groups in total. The second kappa shape index (κ2) is 7.50. The number of hydrogen-bond acceptors (Lipinski definition) is 5. The first kappa shape index (κ1) is 17.1. The van der Waals surface area contributed by atoms with Crippen LogP contribution in [0.2, 0.25) is 0 Å². The summed E-state index contributed by atoms with van der Waals surface area (Å²) in [5.41, 5.74) is 7.49. The van der Waals surface area contributed by atoms with Gasteiger partial charge >= 0.3 is 0 Å². The maximum absolute atomic E-state index is 4.73. The third-order valence-electron chi connectivity index (χ3n) is 4.59. The molecule has 1 aliphatic heterocycles. The highest BCUT2D eigenvalue weighted by molar-refractivity contribution is 5.71. The summed E-state index contributed by atoms with van der Waals surface area (Å²) in [5, 5.41) is 0. The molecule has 134 valence electrons. The van der Waals surface area contributed by atoms with E-state index in [0.717, 1.165) is 46.9 Å². The minimum absolute atomic E-state index is 0.760. The van der Waals surface area contributed by atoms with Crippen molar-refractivity contribution in [3.05, 3.63) is 90.2 Å². The largest absolute Gasteiger partial charge is 0.367 e. The van der Waals surface area contributed by atoms with E-state index in [4.69, 9.17) is 4.98 Å². The van der Waals surface area contributed by atoms with E-state index >= 15 is 0 Å². The van der Waals surface area contributed by atoms with Gasteiger partial charge in [-0.1, -0.05) is 12.2 Å². The number of hydrogen-bond donors (Lipinski definition) is 0. The number of aromatic nitrogens is 4. The smallest absolute Gasteiger partial charge is 0.0899 e.